The normalized spacial score (nSPS) is 18.7. The number of nitrogens with one attached hydrogen (secondary N) is 1. The highest BCUT2D eigenvalue weighted by molar-refractivity contribution is 5.28. The summed E-state index contributed by atoms with van der Waals surface area (Å²) in [6.07, 6.45) is 2.61. The molecule has 1 heterocycles. The van der Waals surface area contributed by atoms with Crippen LogP contribution in [-0.2, 0) is 6.54 Å². The minimum atomic E-state index is 0.345. The smallest absolute Gasteiger partial charge is 0.119 e. The fraction of sp³-hybridized carbons (Fsp3) is 0.625. The lowest BCUT2D eigenvalue weighted by Crippen LogP contribution is -2.40. The molecule has 106 valence electrons. The molecule has 1 fully saturated rings. The average molecular weight is 262 g/mol. The van der Waals surface area contributed by atoms with Gasteiger partial charge in [0.25, 0.3) is 0 Å². The van der Waals surface area contributed by atoms with Crippen LogP contribution in [0.5, 0.6) is 5.75 Å². The molecule has 0 bridgehead atoms. The Kier molecular flexibility index (Phi) is 4.83. The third-order valence-corrected chi connectivity index (χ3v) is 3.98. The van der Waals surface area contributed by atoms with Crippen molar-refractivity contribution in [1.82, 2.24) is 10.2 Å². The number of hydrogen-bond acceptors (Lipinski definition) is 3. The van der Waals surface area contributed by atoms with E-state index in [0.29, 0.717) is 5.54 Å². The third-order valence-electron chi connectivity index (χ3n) is 3.98. The van der Waals surface area contributed by atoms with Crippen LogP contribution in [0.3, 0.4) is 0 Å². The van der Waals surface area contributed by atoms with Crippen molar-refractivity contribution in [2.24, 2.45) is 0 Å². The highest BCUT2D eigenvalue weighted by Crippen LogP contribution is 2.27. The monoisotopic (exact) mass is 262 g/mol. The highest BCUT2D eigenvalue weighted by Gasteiger charge is 2.31. The largest absolute Gasteiger partial charge is 0.492 e. The predicted molar refractivity (Wildman–Crippen MR) is 79.6 cm³/mol. The number of benzene rings is 1. The first kappa shape index (κ1) is 14.4. The van der Waals surface area contributed by atoms with Crippen LogP contribution < -0.4 is 10.1 Å². The Balaban J connectivity index is 1.81. The van der Waals surface area contributed by atoms with E-state index >= 15 is 0 Å². The molecule has 0 radical (unpaired) electrons. The standard InChI is InChI=1S/C16H26N2O/c1-16(2)8-5-9-18(16)10-11-19-15-7-4-6-14(12-15)13-17-3/h4,6-7,12,17H,5,8-11,13H2,1-3H3. The molecule has 19 heavy (non-hydrogen) atoms. The lowest BCUT2D eigenvalue weighted by atomic mass is 10.0. The van der Waals surface area contributed by atoms with Crippen LogP contribution in [0.1, 0.15) is 32.3 Å². The maximum absolute atomic E-state index is 5.88. The molecule has 1 saturated heterocycles. The maximum atomic E-state index is 5.88. The van der Waals surface area contributed by atoms with Gasteiger partial charge in [-0.1, -0.05) is 12.1 Å². The molecule has 0 atom stereocenters. The number of likely N-dealkylation sites (tertiary alicyclic amines) is 1. The second-order valence-electron chi connectivity index (χ2n) is 5.93. The fourth-order valence-electron chi connectivity index (χ4n) is 2.80. The Labute approximate surface area is 116 Å². The summed E-state index contributed by atoms with van der Waals surface area (Å²) in [4.78, 5) is 2.53. The van der Waals surface area contributed by atoms with Crippen molar-refractivity contribution in [1.29, 1.82) is 0 Å². The molecule has 2 rings (SSSR count). The van der Waals surface area contributed by atoms with Gasteiger partial charge in [0.15, 0.2) is 0 Å². The van der Waals surface area contributed by atoms with Gasteiger partial charge in [0, 0.05) is 18.6 Å². The molecular formula is C16H26N2O. The number of hydrogen-bond donors (Lipinski definition) is 1. The van der Waals surface area contributed by atoms with Crippen molar-refractivity contribution >= 4 is 0 Å². The van der Waals surface area contributed by atoms with Gasteiger partial charge in [-0.05, 0) is 58.0 Å². The first-order valence-corrected chi connectivity index (χ1v) is 7.23. The first-order chi connectivity index (χ1) is 9.12. The van der Waals surface area contributed by atoms with Crippen molar-refractivity contribution < 1.29 is 4.74 Å². The summed E-state index contributed by atoms with van der Waals surface area (Å²) in [5.41, 5.74) is 1.61. The molecule has 0 saturated carbocycles. The molecule has 3 heteroatoms. The molecule has 1 aromatic carbocycles. The van der Waals surface area contributed by atoms with Crippen molar-refractivity contribution in [3.8, 4) is 5.75 Å². The minimum absolute atomic E-state index is 0.345. The van der Waals surface area contributed by atoms with Crippen molar-refractivity contribution in [2.75, 3.05) is 26.7 Å². The summed E-state index contributed by atoms with van der Waals surface area (Å²) in [7, 11) is 1.96. The van der Waals surface area contributed by atoms with Gasteiger partial charge in [-0.25, -0.2) is 0 Å². The molecule has 0 aromatic heterocycles. The zero-order chi connectivity index (χ0) is 13.7. The van der Waals surface area contributed by atoms with E-state index in [1.165, 1.54) is 24.9 Å². The highest BCUT2D eigenvalue weighted by atomic mass is 16.5. The van der Waals surface area contributed by atoms with Gasteiger partial charge in [0.2, 0.25) is 0 Å². The number of ether oxygens (including phenoxy) is 1. The fourth-order valence-corrected chi connectivity index (χ4v) is 2.80. The molecule has 1 aromatic rings. The molecule has 0 amide bonds. The second kappa shape index (κ2) is 6.40. The van der Waals surface area contributed by atoms with Crippen LogP contribution in [0.2, 0.25) is 0 Å². The zero-order valence-electron chi connectivity index (χ0n) is 12.4. The minimum Gasteiger partial charge on any atom is -0.492 e. The quantitative estimate of drug-likeness (QED) is 0.853. The van der Waals surface area contributed by atoms with Gasteiger partial charge >= 0.3 is 0 Å². The summed E-state index contributed by atoms with van der Waals surface area (Å²) < 4.78 is 5.88. The Hall–Kier alpha value is -1.06. The van der Waals surface area contributed by atoms with Gasteiger partial charge in [-0.2, -0.15) is 0 Å². The van der Waals surface area contributed by atoms with Crippen LogP contribution in [0.4, 0.5) is 0 Å². The topological polar surface area (TPSA) is 24.5 Å². The van der Waals surface area contributed by atoms with Crippen molar-refractivity contribution in [2.45, 2.75) is 38.8 Å². The second-order valence-corrected chi connectivity index (χ2v) is 5.93. The average Bonchev–Trinajstić information content (AvgIpc) is 2.70. The summed E-state index contributed by atoms with van der Waals surface area (Å²) in [5.74, 6) is 0.977. The van der Waals surface area contributed by atoms with E-state index in [-0.39, 0.29) is 0 Å². The van der Waals surface area contributed by atoms with Gasteiger partial charge in [-0.3, -0.25) is 4.90 Å². The van der Waals surface area contributed by atoms with Crippen molar-refractivity contribution in [3.05, 3.63) is 29.8 Å². The van der Waals surface area contributed by atoms with Gasteiger partial charge < -0.3 is 10.1 Å². The summed E-state index contributed by atoms with van der Waals surface area (Å²) in [5, 5.41) is 3.16. The molecule has 0 spiro atoms. The Morgan fingerprint density at radius 1 is 1.37 bits per heavy atom. The van der Waals surface area contributed by atoms with E-state index in [4.69, 9.17) is 4.74 Å². The molecule has 1 N–H and O–H groups in total. The number of rotatable bonds is 6. The molecule has 3 nitrogen and oxygen atoms in total. The van der Waals surface area contributed by atoms with Gasteiger partial charge in [-0.15, -0.1) is 0 Å². The molecular weight excluding hydrogens is 236 g/mol. The summed E-state index contributed by atoms with van der Waals surface area (Å²) in [6, 6.07) is 8.33. The van der Waals surface area contributed by atoms with E-state index in [1.54, 1.807) is 0 Å². The predicted octanol–water partition coefficient (Wildman–Crippen LogP) is 2.66. The summed E-state index contributed by atoms with van der Waals surface area (Å²) >= 11 is 0. The van der Waals surface area contributed by atoms with E-state index in [0.717, 1.165) is 25.4 Å². The van der Waals surface area contributed by atoms with Gasteiger partial charge in [0.05, 0.1) is 0 Å². The Morgan fingerprint density at radius 2 is 2.21 bits per heavy atom. The van der Waals surface area contributed by atoms with E-state index in [9.17, 15) is 0 Å². The molecule has 0 unspecified atom stereocenters. The lowest BCUT2D eigenvalue weighted by Gasteiger charge is -2.31. The number of nitrogens with zero attached hydrogens (tertiary/aromatic N) is 1. The zero-order valence-corrected chi connectivity index (χ0v) is 12.4. The van der Waals surface area contributed by atoms with E-state index < -0.39 is 0 Å². The lowest BCUT2D eigenvalue weighted by molar-refractivity contribution is 0.143. The molecule has 1 aliphatic heterocycles. The molecule has 0 aliphatic carbocycles. The van der Waals surface area contributed by atoms with Crippen molar-refractivity contribution in [3.63, 3.8) is 0 Å². The first-order valence-electron chi connectivity index (χ1n) is 7.23. The Bertz CT molecular complexity index is 403. The van der Waals surface area contributed by atoms with Gasteiger partial charge in [0.1, 0.15) is 12.4 Å². The molecule has 1 aliphatic rings. The van der Waals surface area contributed by atoms with Crippen LogP contribution in [-0.4, -0.2) is 37.2 Å². The Morgan fingerprint density at radius 3 is 2.89 bits per heavy atom. The van der Waals surface area contributed by atoms with E-state index in [2.05, 4.69) is 42.3 Å². The van der Waals surface area contributed by atoms with E-state index in [1.807, 2.05) is 13.1 Å². The third kappa shape index (κ3) is 3.95. The maximum Gasteiger partial charge on any atom is 0.119 e. The SMILES string of the molecule is CNCc1cccc(OCCN2CCCC2(C)C)c1. The van der Waals surface area contributed by atoms with Crippen LogP contribution >= 0.6 is 0 Å². The van der Waals surface area contributed by atoms with Crippen LogP contribution in [0.25, 0.3) is 0 Å². The van der Waals surface area contributed by atoms with Crippen LogP contribution in [0, 0.1) is 0 Å². The summed E-state index contributed by atoms with van der Waals surface area (Å²) in [6.45, 7) is 8.53. The van der Waals surface area contributed by atoms with Crippen LogP contribution in [0.15, 0.2) is 24.3 Å².